The normalized spacial score (nSPS) is 14.2. The summed E-state index contributed by atoms with van der Waals surface area (Å²) in [7, 11) is 1.51. The molecule has 2 atom stereocenters. The van der Waals surface area contributed by atoms with Crippen LogP contribution in [-0.4, -0.2) is 54.5 Å². The summed E-state index contributed by atoms with van der Waals surface area (Å²) in [6, 6.07) is -0.276. The van der Waals surface area contributed by atoms with Crippen LogP contribution in [0.5, 0.6) is 0 Å². The fraction of sp³-hybridized carbons (Fsp3) is 0.739. The number of alkyl carbamates (subject to hydrolysis) is 1. The SMILES string of the molecule is C=C(/C(=N/N=C/SCCNC(=O)OC(C)(C)C)OC)C(CC(C)C)NC(=O)C(C)CCC. The van der Waals surface area contributed by atoms with Gasteiger partial charge in [-0.2, -0.15) is 0 Å². The highest BCUT2D eigenvalue weighted by molar-refractivity contribution is 8.12. The predicted molar refractivity (Wildman–Crippen MR) is 134 cm³/mol. The minimum absolute atomic E-state index is 0.00523. The van der Waals surface area contributed by atoms with Crippen molar-refractivity contribution in [1.29, 1.82) is 0 Å². The lowest BCUT2D eigenvalue weighted by atomic mass is 9.96. The summed E-state index contributed by atoms with van der Waals surface area (Å²) in [6.07, 6.45) is 2.06. The standard InChI is InChI=1S/C23H42N4O4S/c1-10-11-17(4)20(28)26-19(14-16(2)3)18(5)21(30-9)27-25-15-32-13-12-24-22(29)31-23(6,7)8/h15-17,19H,5,10-14H2,1-4,6-9H3,(H,24,29)(H,26,28)/b25-15+,27-21-. The van der Waals surface area contributed by atoms with Crippen molar-refractivity contribution in [2.45, 2.75) is 79.4 Å². The molecule has 0 aliphatic heterocycles. The van der Waals surface area contributed by atoms with E-state index in [0.717, 1.165) is 19.3 Å². The summed E-state index contributed by atoms with van der Waals surface area (Å²) in [5, 5.41) is 13.9. The number of rotatable bonds is 13. The van der Waals surface area contributed by atoms with Crippen LogP contribution in [0.2, 0.25) is 0 Å². The molecule has 0 rings (SSSR count). The maximum absolute atomic E-state index is 12.5. The average Bonchev–Trinajstić information content (AvgIpc) is 2.67. The first-order chi connectivity index (χ1) is 14.9. The van der Waals surface area contributed by atoms with Crippen LogP contribution in [0.15, 0.2) is 22.4 Å². The van der Waals surface area contributed by atoms with Crippen molar-refractivity contribution in [3.63, 3.8) is 0 Å². The molecule has 8 nitrogen and oxygen atoms in total. The van der Waals surface area contributed by atoms with Crippen LogP contribution in [0.3, 0.4) is 0 Å². The highest BCUT2D eigenvalue weighted by atomic mass is 32.2. The van der Waals surface area contributed by atoms with Crippen LogP contribution in [-0.2, 0) is 14.3 Å². The van der Waals surface area contributed by atoms with E-state index >= 15 is 0 Å². The molecule has 0 aromatic heterocycles. The molecular formula is C23H42N4O4S. The number of thioether (sulfide) groups is 1. The highest BCUT2D eigenvalue weighted by Crippen LogP contribution is 2.16. The van der Waals surface area contributed by atoms with Gasteiger partial charge in [0, 0.05) is 23.8 Å². The second kappa shape index (κ2) is 15.7. The number of hydrogen-bond donors (Lipinski definition) is 2. The van der Waals surface area contributed by atoms with E-state index in [-0.39, 0.29) is 23.8 Å². The number of amides is 2. The van der Waals surface area contributed by atoms with Gasteiger partial charge in [0.05, 0.1) is 18.7 Å². The van der Waals surface area contributed by atoms with Crippen molar-refractivity contribution >= 4 is 35.2 Å². The van der Waals surface area contributed by atoms with Gasteiger partial charge in [0.25, 0.3) is 0 Å². The number of ether oxygens (including phenoxy) is 2. The van der Waals surface area contributed by atoms with Gasteiger partial charge in [-0.15, -0.1) is 22.0 Å². The van der Waals surface area contributed by atoms with Crippen LogP contribution >= 0.6 is 11.8 Å². The zero-order chi connectivity index (χ0) is 24.7. The Balaban J connectivity index is 4.81. The van der Waals surface area contributed by atoms with Gasteiger partial charge in [-0.1, -0.05) is 40.7 Å². The van der Waals surface area contributed by atoms with Gasteiger partial charge < -0.3 is 20.1 Å². The Hall–Kier alpha value is -2.03. The van der Waals surface area contributed by atoms with Crippen molar-refractivity contribution in [3.8, 4) is 0 Å². The van der Waals surface area contributed by atoms with E-state index in [2.05, 4.69) is 48.2 Å². The smallest absolute Gasteiger partial charge is 0.407 e. The van der Waals surface area contributed by atoms with Crippen molar-refractivity contribution in [2.24, 2.45) is 22.0 Å². The Labute approximate surface area is 198 Å². The lowest BCUT2D eigenvalue weighted by Crippen LogP contribution is -2.41. The van der Waals surface area contributed by atoms with Crippen LogP contribution in [0.1, 0.15) is 67.7 Å². The molecule has 2 amide bonds. The molecule has 2 N–H and O–H groups in total. The number of methoxy groups -OCH3 is 1. The molecule has 9 heteroatoms. The molecule has 0 aromatic carbocycles. The summed E-state index contributed by atoms with van der Waals surface area (Å²) in [5.74, 6) is 1.19. The monoisotopic (exact) mass is 470 g/mol. The van der Waals surface area contributed by atoms with Crippen LogP contribution in [0.4, 0.5) is 4.79 Å². The minimum Gasteiger partial charge on any atom is -0.480 e. The molecule has 0 fully saturated rings. The number of hydrogen-bond acceptors (Lipinski definition) is 7. The van der Waals surface area contributed by atoms with E-state index in [0.29, 0.717) is 23.8 Å². The molecule has 2 unspecified atom stereocenters. The molecule has 32 heavy (non-hydrogen) atoms. The topological polar surface area (TPSA) is 101 Å². The van der Waals surface area contributed by atoms with Gasteiger partial charge in [0.2, 0.25) is 11.8 Å². The molecule has 0 aliphatic rings. The van der Waals surface area contributed by atoms with E-state index in [1.165, 1.54) is 18.9 Å². The Morgan fingerprint density at radius 2 is 1.88 bits per heavy atom. The summed E-state index contributed by atoms with van der Waals surface area (Å²) >= 11 is 1.39. The Morgan fingerprint density at radius 1 is 1.22 bits per heavy atom. The summed E-state index contributed by atoms with van der Waals surface area (Å²) in [5.41, 5.74) is 1.64. The average molecular weight is 471 g/mol. The third-order valence-corrected chi connectivity index (χ3v) is 4.92. The predicted octanol–water partition coefficient (Wildman–Crippen LogP) is 4.76. The fourth-order valence-corrected chi connectivity index (χ4v) is 3.15. The van der Waals surface area contributed by atoms with E-state index in [9.17, 15) is 9.59 Å². The van der Waals surface area contributed by atoms with Gasteiger partial charge in [-0.25, -0.2) is 4.79 Å². The maximum atomic E-state index is 12.5. The molecule has 0 aromatic rings. The zero-order valence-electron chi connectivity index (χ0n) is 21.0. The van der Waals surface area contributed by atoms with E-state index in [1.807, 2.05) is 27.7 Å². The molecule has 0 saturated heterocycles. The second-order valence-electron chi connectivity index (χ2n) is 9.04. The van der Waals surface area contributed by atoms with E-state index in [1.54, 1.807) is 5.55 Å². The molecule has 0 bridgehead atoms. The second-order valence-corrected chi connectivity index (χ2v) is 9.99. The quantitative estimate of drug-likeness (QED) is 0.175. The van der Waals surface area contributed by atoms with Crippen LogP contribution < -0.4 is 10.6 Å². The number of carbonyl (C=O) groups is 2. The van der Waals surface area contributed by atoms with Crippen molar-refractivity contribution in [2.75, 3.05) is 19.4 Å². The largest absolute Gasteiger partial charge is 0.480 e. The number of nitrogens with one attached hydrogen (secondary N) is 2. The molecule has 0 saturated carbocycles. The summed E-state index contributed by atoms with van der Waals surface area (Å²) < 4.78 is 10.5. The molecule has 184 valence electrons. The van der Waals surface area contributed by atoms with E-state index < -0.39 is 11.7 Å². The van der Waals surface area contributed by atoms with Gasteiger partial charge in [-0.05, 0) is 39.5 Å². The van der Waals surface area contributed by atoms with Crippen LogP contribution in [0, 0.1) is 11.8 Å². The van der Waals surface area contributed by atoms with Crippen molar-refractivity contribution in [3.05, 3.63) is 12.2 Å². The molecule has 0 heterocycles. The Morgan fingerprint density at radius 3 is 2.41 bits per heavy atom. The third-order valence-electron chi connectivity index (χ3n) is 4.24. The molecule has 0 aliphatic carbocycles. The first kappa shape index (κ1) is 30.0. The highest BCUT2D eigenvalue weighted by Gasteiger charge is 2.23. The fourth-order valence-electron chi connectivity index (χ4n) is 2.71. The minimum atomic E-state index is -0.521. The Kier molecular flexibility index (Phi) is 14.7. The lowest BCUT2D eigenvalue weighted by Gasteiger charge is -2.24. The van der Waals surface area contributed by atoms with Gasteiger partial charge >= 0.3 is 6.09 Å². The first-order valence-electron chi connectivity index (χ1n) is 11.1. The number of carbonyl (C=O) groups excluding carboxylic acids is 2. The first-order valence-corrected chi connectivity index (χ1v) is 12.2. The number of nitrogens with zero attached hydrogens (tertiary/aromatic N) is 2. The van der Waals surface area contributed by atoms with Gasteiger partial charge in [-0.3, -0.25) is 4.79 Å². The molecular weight excluding hydrogens is 428 g/mol. The Bertz CT molecular complexity index is 657. The summed E-state index contributed by atoms with van der Waals surface area (Å²) in [4.78, 5) is 24.1. The third kappa shape index (κ3) is 14.1. The summed E-state index contributed by atoms with van der Waals surface area (Å²) in [6.45, 7) is 18.2. The maximum Gasteiger partial charge on any atom is 0.407 e. The molecule has 0 radical (unpaired) electrons. The van der Waals surface area contributed by atoms with Crippen molar-refractivity contribution < 1.29 is 19.1 Å². The van der Waals surface area contributed by atoms with Crippen molar-refractivity contribution in [1.82, 2.24) is 10.6 Å². The zero-order valence-corrected chi connectivity index (χ0v) is 21.8. The van der Waals surface area contributed by atoms with Gasteiger partial charge in [0.15, 0.2) is 0 Å². The lowest BCUT2D eigenvalue weighted by molar-refractivity contribution is -0.125. The van der Waals surface area contributed by atoms with Crippen LogP contribution in [0.25, 0.3) is 0 Å². The van der Waals surface area contributed by atoms with Gasteiger partial charge in [0.1, 0.15) is 5.60 Å². The van der Waals surface area contributed by atoms with E-state index in [4.69, 9.17) is 9.47 Å². The molecule has 0 spiro atoms.